The lowest BCUT2D eigenvalue weighted by Gasteiger charge is -2.36. The van der Waals surface area contributed by atoms with Crippen molar-refractivity contribution in [1.29, 1.82) is 0 Å². The molecule has 1 amide bonds. The second-order valence-electron chi connectivity index (χ2n) is 6.22. The van der Waals surface area contributed by atoms with Crippen LogP contribution in [0.4, 0.5) is 0 Å². The van der Waals surface area contributed by atoms with Crippen molar-refractivity contribution >= 4 is 5.91 Å². The lowest BCUT2D eigenvalue weighted by atomic mass is 10.0. The number of aryl methyl sites for hydroxylation is 1. The number of hydrogen-bond donors (Lipinski definition) is 0. The van der Waals surface area contributed by atoms with Gasteiger partial charge in [0, 0.05) is 13.6 Å². The van der Waals surface area contributed by atoms with Gasteiger partial charge in [-0.05, 0) is 19.7 Å². The van der Waals surface area contributed by atoms with E-state index in [0.717, 1.165) is 11.4 Å². The molecule has 1 saturated heterocycles. The Morgan fingerprint density at radius 1 is 1.33 bits per heavy atom. The SMILES string of the molecule is CN(C)[C@H](C(=O)N1CCO[C@@H](c2nncn2C)C1)c1ccccc1. The average Bonchev–Trinajstić information content (AvgIpc) is 3.02. The third-order valence-corrected chi connectivity index (χ3v) is 4.28. The first-order chi connectivity index (χ1) is 11.6. The molecule has 2 heterocycles. The number of carbonyl (C=O) groups is 1. The number of ether oxygens (including phenoxy) is 1. The molecule has 0 aliphatic carbocycles. The summed E-state index contributed by atoms with van der Waals surface area (Å²) in [6.07, 6.45) is 1.40. The van der Waals surface area contributed by atoms with Crippen molar-refractivity contribution in [2.75, 3.05) is 33.8 Å². The molecule has 0 saturated carbocycles. The third kappa shape index (κ3) is 3.32. The van der Waals surface area contributed by atoms with E-state index in [1.807, 2.05) is 65.8 Å². The summed E-state index contributed by atoms with van der Waals surface area (Å²) in [5, 5.41) is 8.01. The molecule has 0 spiro atoms. The van der Waals surface area contributed by atoms with Crippen molar-refractivity contribution in [3.8, 4) is 0 Å². The Morgan fingerprint density at radius 3 is 2.71 bits per heavy atom. The highest BCUT2D eigenvalue weighted by molar-refractivity contribution is 5.83. The van der Waals surface area contributed by atoms with Crippen LogP contribution in [0.25, 0.3) is 0 Å². The van der Waals surface area contributed by atoms with Crippen LogP contribution in [0.15, 0.2) is 36.7 Å². The molecule has 2 atom stereocenters. The van der Waals surface area contributed by atoms with Gasteiger partial charge in [0.1, 0.15) is 18.5 Å². The Labute approximate surface area is 141 Å². The molecule has 1 aromatic carbocycles. The van der Waals surface area contributed by atoms with Crippen LogP contribution < -0.4 is 0 Å². The standard InChI is InChI=1S/C17H23N5O2/c1-20(2)15(13-7-5-4-6-8-13)17(23)22-9-10-24-14(11-22)16-19-18-12-21(16)3/h4-8,12,14-15H,9-11H2,1-3H3/t14-,15+/m1/s1. The van der Waals surface area contributed by atoms with Crippen molar-refractivity contribution in [2.45, 2.75) is 12.1 Å². The van der Waals surface area contributed by atoms with Gasteiger partial charge in [0.2, 0.25) is 5.91 Å². The van der Waals surface area contributed by atoms with E-state index in [2.05, 4.69) is 10.2 Å². The molecule has 7 nitrogen and oxygen atoms in total. The maximum Gasteiger partial charge on any atom is 0.244 e. The minimum Gasteiger partial charge on any atom is -0.366 e. The summed E-state index contributed by atoms with van der Waals surface area (Å²) >= 11 is 0. The van der Waals surface area contributed by atoms with E-state index < -0.39 is 0 Å². The zero-order chi connectivity index (χ0) is 17.1. The van der Waals surface area contributed by atoms with E-state index in [4.69, 9.17) is 4.74 Å². The Bertz CT molecular complexity index is 685. The lowest BCUT2D eigenvalue weighted by molar-refractivity contribution is -0.144. The highest BCUT2D eigenvalue weighted by Gasteiger charge is 2.33. The summed E-state index contributed by atoms with van der Waals surface area (Å²) in [4.78, 5) is 16.9. The number of carbonyl (C=O) groups excluding carboxylic acids is 1. The number of aromatic nitrogens is 3. The summed E-state index contributed by atoms with van der Waals surface area (Å²) < 4.78 is 7.63. The third-order valence-electron chi connectivity index (χ3n) is 4.28. The van der Waals surface area contributed by atoms with Crippen LogP contribution >= 0.6 is 0 Å². The minimum absolute atomic E-state index is 0.0849. The van der Waals surface area contributed by atoms with Crippen LogP contribution in [0.2, 0.25) is 0 Å². The van der Waals surface area contributed by atoms with E-state index >= 15 is 0 Å². The van der Waals surface area contributed by atoms with E-state index in [1.165, 1.54) is 0 Å². The fourth-order valence-electron chi connectivity index (χ4n) is 3.06. The van der Waals surface area contributed by atoms with Gasteiger partial charge in [0.25, 0.3) is 0 Å². The van der Waals surface area contributed by atoms with Gasteiger partial charge in [-0.2, -0.15) is 0 Å². The van der Waals surface area contributed by atoms with Gasteiger partial charge in [-0.3, -0.25) is 9.69 Å². The fraction of sp³-hybridized carbons (Fsp3) is 0.471. The Hall–Kier alpha value is -2.25. The lowest BCUT2D eigenvalue weighted by Crippen LogP contribution is -2.47. The van der Waals surface area contributed by atoms with Crippen molar-refractivity contribution in [3.05, 3.63) is 48.0 Å². The quantitative estimate of drug-likeness (QED) is 0.838. The van der Waals surface area contributed by atoms with E-state index in [-0.39, 0.29) is 18.1 Å². The predicted octanol–water partition coefficient (Wildman–Crippen LogP) is 1.02. The maximum absolute atomic E-state index is 13.1. The van der Waals surface area contributed by atoms with E-state index in [0.29, 0.717) is 19.7 Å². The van der Waals surface area contributed by atoms with Gasteiger partial charge < -0.3 is 14.2 Å². The largest absolute Gasteiger partial charge is 0.366 e. The van der Waals surface area contributed by atoms with E-state index in [9.17, 15) is 4.79 Å². The van der Waals surface area contributed by atoms with Gasteiger partial charge in [-0.25, -0.2) is 0 Å². The molecule has 1 aliphatic heterocycles. The molecule has 1 aliphatic rings. The summed E-state index contributed by atoms with van der Waals surface area (Å²) in [6, 6.07) is 9.55. The Morgan fingerprint density at radius 2 is 2.08 bits per heavy atom. The molecule has 128 valence electrons. The molecule has 1 aromatic heterocycles. The van der Waals surface area contributed by atoms with Crippen molar-refractivity contribution < 1.29 is 9.53 Å². The van der Waals surface area contributed by atoms with Crippen LogP contribution in [0.1, 0.15) is 23.5 Å². The number of hydrogen-bond acceptors (Lipinski definition) is 5. The molecule has 0 bridgehead atoms. The Kier molecular flexibility index (Phi) is 4.92. The number of amides is 1. The van der Waals surface area contributed by atoms with Gasteiger partial charge in [-0.15, -0.1) is 10.2 Å². The predicted molar refractivity (Wildman–Crippen MR) is 89.1 cm³/mol. The zero-order valence-electron chi connectivity index (χ0n) is 14.3. The highest BCUT2D eigenvalue weighted by Crippen LogP contribution is 2.25. The summed E-state index contributed by atoms with van der Waals surface area (Å²) in [6.45, 7) is 1.57. The molecule has 2 aromatic rings. The molecule has 7 heteroatoms. The summed E-state index contributed by atoms with van der Waals surface area (Å²) in [5.74, 6) is 0.829. The second kappa shape index (κ2) is 7.11. The summed E-state index contributed by atoms with van der Waals surface area (Å²) in [7, 11) is 5.73. The maximum atomic E-state index is 13.1. The second-order valence-corrected chi connectivity index (χ2v) is 6.22. The molecule has 3 rings (SSSR count). The molecule has 1 fully saturated rings. The number of rotatable bonds is 4. The van der Waals surface area contributed by atoms with Crippen LogP contribution in [0, 0.1) is 0 Å². The van der Waals surface area contributed by atoms with Crippen LogP contribution in [-0.4, -0.2) is 64.3 Å². The van der Waals surface area contributed by atoms with Gasteiger partial charge >= 0.3 is 0 Å². The molecule has 0 unspecified atom stereocenters. The van der Waals surface area contributed by atoms with Crippen molar-refractivity contribution in [3.63, 3.8) is 0 Å². The van der Waals surface area contributed by atoms with Crippen LogP contribution in [-0.2, 0) is 16.6 Å². The average molecular weight is 329 g/mol. The number of nitrogens with zero attached hydrogens (tertiary/aromatic N) is 5. The van der Waals surface area contributed by atoms with Gasteiger partial charge in [0.05, 0.1) is 13.2 Å². The molecular weight excluding hydrogens is 306 g/mol. The normalized spacial score (nSPS) is 19.5. The van der Waals surface area contributed by atoms with Crippen LogP contribution in [0.3, 0.4) is 0 Å². The minimum atomic E-state index is -0.301. The van der Waals surface area contributed by atoms with Gasteiger partial charge in [0.15, 0.2) is 5.82 Å². The highest BCUT2D eigenvalue weighted by atomic mass is 16.5. The first-order valence-corrected chi connectivity index (χ1v) is 8.03. The Balaban J connectivity index is 1.79. The number of morpholine rings is 1. The molecule has 24 heavy (non-hydrogen) atoms. The molecular formula is C17H23N5O2. The number of benzene rings is 1. The molecule has 0 N–H and O–H groups in total. The van der Waals surface area contributed by atoms with Gasteiger partial charge in [-0.1, -0.05) is 30.3 Å². The topological polar surface area (TPSA) is 63.5 Å². The van der Waals surface area contributed by atoms with Crippen molar-refractivity contribution in [1.82, 2.24) is 24.6 Å². The first kappa shape index (κ1) is 16.6. The monoisotopic (exact) mass is 329 g/mol. The smallest absolute Gasteiger partial charge is 0.244 e. The summed E-state index contributed by atoms with van der Waals surface area (Å²) in [5.41, 5.74) is 0.995. The zero-order valence-corrected chi connectivity index (χ0v) is 14.3. The van der Waals surface area contributed by atoms with Crippen molar-refractivity contribution in [2.24, 2.45) is 7.05 Å². The molecule has 0 radical (unpaired) electrons. The first-order valence-electron chi connectivity index (χ1n) is 8.03. The number of likely N-dealkylation sites (N-methyl/N-ethyl adjacent to an activating group) is 1. The van der Waals surface area contributed by atoms with Crippen LogP contribution in [0.5, 0.6) is 0 Å². The van der Waals surface area contributed by atoms with E-state index in [1.54, 1.807) is 6.33 Å². The fourth-order valence-corrected chi connectivity index (χ4v) is 3.06.